The molecule has 0 saturated heterocycles. The van der Waals surface area contributed by atoms with Gasteiger partial charge in [0.25, 0.3) is 0 Å². The molecule has 0 aliphatic rings. The highest BCUT2D eigenvalue weighted by molar-refractivity contribution is 7.99. The van der Waals surface area contributed by atoms with Gasteiger partial charge in [-0.1, -0.05) is 11.8 Å². The highest BCUT2D eigenvalue weighted by atomic mass is 32.2. The molecule has 21 heavy (non-hydrogen) atoms. The quantitative estimate of drug-likeness (QED) is 0.771. The van der Waals surface area contributed by atoms with E-state index in [0.29, 0.717) is 29.8 Å². The van der Waals surface area contributed by atoms with Crippen LogP contribution in [0.15, 0.2) is 23.5 Å². The lowest BCUT2D eigenvalue weighted by Gasteiger charge is -2.08. The number of nitrogens with zero attached hydrogens (tertiary/aromatic N) is 4. The van der Waals surface area contributed by atoms with Gasteiger partial charge in [0.1, 0.15) is 11.5 Å². The first-order valence-electron chi connectivity index (χ1n) is 6.00. The average Bonchev–Trinajstić information content (AvgIpc) is 2.86. The van der Waals surface area contributed by atoms with Crippen LogP contribution < -0.4 is 0 Å². The smallest absolute Gasteiger partial charge is 0.313 e. The van der Waals surface area contributed by atoms with Crippen molar-refractivity contribution in [2.75, 3.05) is 19.5 Å². The molecule has 0 spiro atoms. The van der Waals surface area contributed by atoms with E-state index in [1.54, 1.807) is 11.7 Å². The molecule has 9 heteroatoms. The molecule has 0 aromatic carbocycles. The van der Waals surface area contributed by atoms with Crippen LogP contribution >= 0.6 is 11.8 Å². The normalized spacial score (nSPS) is 10.8. The number of halogens is 1. The minimum absolute atomic E-state index is 0.123. The van der Waals surface area contributed by atoms with E-state index in [1.165, 1.54) is 12.1 Å². The van der Waals surface area contributed by atoms with Crippen LogP contribution in [0, 0.1) is 5.82 Å². The molecule has 2 rings (SSSR count). The summed E-state index contributed by atoms with van der Waals surface area (Å²) in [6.07, 6.45) is 1.09. The lowest BCUT2D eigenvalue weighted by Crippen LogP contribution is -2.09. The van der Waals surface area contributed by atoms with Gasteiger partial charge >= 0.3 is 5.97 Å². The summed E-state index contributed by atoms with van der Waals surface area (Å²) in [4.78, 5) is 14.6. The Bertz CT molecular complexity index is 617. The minimum atomic E-state index is -0.942. The zero-order valence-corrected chi connectivity index (χ0v) is 12.0. The van der Waals surface area contributed by atoms with Gasteiger partial charge in [0.05, 0.1) is 25.1 Å². The van der Waals surface area contributed by atoms with Crippen molar-refractivity contribution >= 4 is 17.7 Å². The van der Waals surface area contributed by atoms with Gasteiger partial charge in [0.15, 0.2) is 11.0 Å². The van der Waals surface area contributed by atoms with Crippen LogP contribution in [0.5, 0.6) is 0 Å². The van der Waals surface area contributed by atoms with Crippen molar-refractivity contribution in [1.29, 1.82) is 0 Å². The van der Waals surface area contributed by atoms with Crippen LogP contribution in [0.4, 0.5) is 4.39 Å². The second kappa shape index (κ2) is 7.14. The Labute approximate surface area is 124 Å². The number of carboxylic acid groups (broad SMARTS) is 1. The third-order valence-electron chi connectivity index (χ3n) is 2.52. The molecule has 0 unspecified atom stereocenters. The number of ether oxygens (including phenoxy) is 1. The zero-order valence-electron chi connectivity index (χ0n) is 11.2. The molecule has 7 nitrogen and oxygen atoms in total. The highest BCUT2D eigenvalue weighted by Crippen LogP contribution is 2.22. The number of hydrogen-bond acceptors (Lipinski definition) is 6. The number of aromatic nitrogens is 4. The molecule has 0 amide bonds. The maximum absolute atomic E-state index is 12.9. The molecule has 0 saturated carbocycles. The van der Waals surface area contributed by atoms with Crippen molar-refractivity contribution in [2.45, 2.75) is 11.7 Å². The Balaban J connectivity index is 2.31. The number of carboxylic acids is 1. The maximum Gasteiger partial charge on any atom is 0.313 e. The number of methoxy groups -OCH3 is 1. The maximum atomic E-state index is 12.9. The Kier molecular flexibility index (Phi) is 5.23. The van der Waals surface area contributed by atoms with Gasteiger partial charge in [-0.25, -0.2) is 9.37 Å². The number of rotatable bonds is 7. The Hall–Kier alpha value is -2.00. The summed E-state index contributed by atoms with van der Waals surface area (Å²) in [5.41, 5.74) is 0.460. The van der Waals surface area contributed by atoms with Crippen LogP contribution in [0.2, 0.25) is 0 Å². The fourth-order valence-electron chi connectivity index (χ4n) is 1.60. The molecule has 2 aromatic heterocycles. The minimum Gasteiger partial charge on any atom is -0.481 e. The Morgan fingerprint density at radius 2 is 2.29 bits per heavy atom. The molecule has 0 radical (unpaired) electrons. The van der Waals surface area contributed by atoms with Crippen molar-refractivity contribution in [2.24, 2.45) is 0 Å². The van der Waals surface area contributed by atoms with Crippen LogP contribution in [-0.2, 0) is 16.1 Å². The monoisotopic (exact) mass is 312 g/mol. The molecule has 0 bridgehead atoms. The molecule has 0 fully saturated rings. The van der Waals surface area contributed by atoms with Crippen molar-refractivity contribution in [3.05, 3.63) is 24.1 Å². The number of thioether (sulfide) groups is 1. The van der Waals surface area contributed by atoms with Crippen molar-refractivity contribution in [3.8, 4) is 11.5 Å². The van der Waals surface area contributed by atoms with Crippen LogP contribution in [0.3, 0.4) is 0 Å². The SMILES string of the molecule is COCCn1c(SCC(=O)O)nnc1-c1ccc(F)cn1. The lowest BCUT2D eigenvalue weighted by molar-refractivity contribution is -0.133. The third kappa shape index (κ3) is 3.99. The summed E-state index contributed by atoms with van der Waals surface area (Å²) in [5, 5.41) is 17.2. The summed E-state index contributed by atoms with van der Waals surface area (Å²) in [7, 11) is 1.56. The molecule has 2 heterocycles. The molecular weight excluding hydrogens is 299 g/mol. The fraction of sp³-hybridized carbons (Fsp3) is 0.333. The Morgan fingerprint density at radius 1 is 1.48 bits per heavy atom. The number of carbonyl (C=O) groups is 1. The summed E-state index contributed by atoms with van der Waals surface area (Å²) in [5.74, 6) is -1.06. The van der Waals surface area contributed by atoms with Gasteiger partial charge in [0, 0.05) is 7.11 Å². The predicted octanol–water partition coefficient (Wildman–Crippen LogP) is 1.30. The van der Waals surface area contributed by atoms with Gasteiger partial charge in [0.2, 0.25) is 0 Å². The molecule has 0 aliphatic heterocycles. The first-order chi connectivity index (χ1) is 10.1. The van der Waals surface area contributed by atoms with E-state index in [9.17, 15) is 9.18 Å². The van der Waals surface area contributed by atoms with Gasteiger partial charge in [-0.15, -0.1) is 10.2 Å². The van der Waals surface area contributed by atoms with Gasteiger partial charge in [-0.3, -0.25) is 9.36 Å². The first-order valence-corrected chi connectivity index (χ1v) is 6.99. The third-order valence-corrected chi connectivity index (χ3v) is 3.47. The average molecular weight is 312 g/mol. The van der Waals surface area contributed by atoms with Gasteiger partial charge < -0.3 is 9.84 Å². The summed E-state index contributed by atoms with van der Waals surface area (Å²) in [6.45, 7) is 0.854. The van der Waals surface area contributed by atoms with E-state index < -0.39 is 11.8 Å². The molecule has 112 valence electrons. The zero-order chi connectivity index (χ0) is 15.2. The molecule has 2 aromatic rings. The van der Waals surface area contributed by atoms with Crippen LogP contribution in [0.1, 0.15) is 0 Å². The van der Waals surface area contributed by atoms with Crippen LogP contribution in [0.25, 0.3) is 11.5 Å². The van der Waals surface area contributed by atoms with E-state index in [0.717, 1.165) is 18.0 Å². The van der Waals surface area contributed by atoms with E-state index >= 15 is 0 Å². The molecule has 1 N–H and O–H groups in total. The summed E-state index contributed by atoms with van der Waals surface area (Å²) >= 11 is 1.06. The van der Waals surface area contributed by atoms with E-state index in [1.807, 2.05) is 0 Å². The number of hydrogen-bond donors (Lipinski definition) is 1. The number of pyridine rings is 1. The topological polar surface area (TPSA) is 90.1 Å². The summed E-state index contributed by atoms with van der Waals surface area (Å²) < 4.78 is 19.7. The van der Waals surface area contributed by atoms with E-state index in [2.05, 4.69) is 15.2 Å². The second-order valence-corrected chi connectivity index (χ2v) is 4.94. The largest absolute Gasteiger partial charge is 0.481 e. The van der Waals surface area contributed by atoms with E-state index in [4.69, 9.17) is 9.84 Å². The Morgan fingerprint density at radius 3 is 2.90 bits per heavy atom. The van der Waals surface area contributed by atoms with Gasteiger partial charge in [-0.05, 0) is 12.1 Å². The molecule has 0 aliphatic carbocycles. The van der Waals surface area contributed by atoms with Crippen molar-refractivity contribution in [1.82, 2.24) is 19.7 Å². The fourth-order valence-corrected chi connectivity index (χ4v) is 2.29. The number of aliphatic carboxylic acids is 1. The molecule has 0 atom stereocenters. The van der Waals surface area contributed by atoms with Crippen molar-refractivity contribution in [3.63, 3.8) is 0 Å². The highest BCUT2D eigenvalue weighted by Gasteiger charge is 2.16. The van der Waals surface area contributed by atoms with Crippen molar-refractivity contribution < 1.29 is 19.0 Å². The predicted molar refractivity (Wildman–Crippen MR) is 73.4 cm³/mol. The van der Waals surface area contributed by atoms with E-state index in [-0.39, 0.29) is 5.75 Å². The van der Waals surface area contributed by atoms with Gasteiger partial charge in [-0.2, -0.15) is 0 Å². The molecular formula is C12H13FN4O3S. The van der Waals surface area contributed by atoms with Crippen LogP contribution in [-0.4, -0.2) is 50.3 Å². The standard InChI is InChI=1S/C12H13FN4O3S/c1-20-5-4-17-11(9-3-2-8(13)6-14-9)15-16-12(17)21-7-10(18)19/h2-3,6H,4-5,7H2,1H3,(H,18,19). The first kappa shape index (κ1) is 15.4. The second-order valence-electron chi connectivity index (χ2n) is 3.99. The summed E-state index contributed by atoms with van der Waals surface area (Å²) in [6, 6.07) is 2.77. The lowest BCUT2D eigenvalue weighted by atomic mass is 10.3.